The zero-order chi connectivity index (χ0) is 9.14. The van der Waals surface area contributed by atoms with E-state index in [0.29, 0.717) is 11.6 Å². The molecule has 0 saturated heterocycles. The van der Waals surface area contributed by atoms with E-state index in [2.05, 4.69) is 15.7 Å². The van der Waals surface area contributed by atoms with Gasteiger partial charge < -0.3 is 16.4 Å². The Bertz CT molecular complexity index is 288. The quantitative estimate of drug-likeness (QED) is 0.360. The summed E-state index contributed by atoms with van der Waals surface area (Å²) < 4.78 is 1.31. The molecule has 0 bridgehead atoms. The molecule has 0 radical (unpaired) electrons. The fourth-order valence-electron chi connectivity index (χ4n) is 0.865. The van der Waals surface area contributed by atoms with Gasteiger partial charge in [-0.2, -0.15) is 4.68 Å². The van der Waals surface area contributed by atoms with Crippen molar-refractivity contribution in [2.24, 2.45) is 5.73 Å². The van der Waals surface area contributed by atoms with Crippen LogP contribution >= 0.6 is 0 Å². The number of nitrogen functional groups attached to an aromatic ring is 1. The molecule has 0 fully saturated rings. The standard InChI is InChI=1S/C6H12N6/c1-9-4-3-5(10-2)12(11-4)6(7)8/h3,10H,1-2H3,(H3,7,8)(H,9,11). The predicted octanol–water partition coefficient (Wildman–Crippen LogP) is -0.292. The van der Waals surface area contributed by atoms with Crippen LogP contribution in [0.15, 0.2) is 6.07 Å². The minimum Gasteiger partial charge on any atom is -0.373 e. The van der Waals surface area contributed by atoms with Crippen LogP contribution in [0.2, 0.25) is 0 Å². The van der Waals surface area contributed by atoms with Gasteiger partial charge in [-0.1, -0.05) is 0 Å². The minimum absolute atomic E-state index is 0.110. The molecule has 0 saturated carbocycles. The third kappa shape index (κ3) is 1.31. The Morgan fingerprint density at radius 2 is 2.25 bits per heavy atom. The summed E-state index contributed by atoms with van der Waals surface area (Å²) >= 11 is 0. The molecule has 1 rings (SSSR count). The second kappa shape index (κ2) is 3.12. The molecule has 0 aliphatic carbocycles. The molecule has 66 valence electrons. The van der Waals surface area contributed by atoms with Crippen LogP contribution in [0.5, 0.6) is 0 Å². The van der Waals surface area contributed by atoms with Crippen molar-refractivity contribution in [2.75, 3.05) is 24.7 Å². The fraction of sp³-hybridized carbons (Fsp3) is 0.333. The summed E-state index contributed by atoms with van der Waals surface area (Å²) in [6.45, 7) is 0. The fourth-order valence-corrected chi connectivity index (χ4v) is 0.865. The van der Waals surface area contributed by atoms with E-state index in [1.54, 1.807) is 20.2 Å². The second-order valence-electron chi connectivity index (χ2n) is 2.21. The number of anilines is 2. The summed E-state index contributed by atoms with van der Waals surface area (Å²) in [6.07, 6.45) is 0. The molecule has 0 atom stereocenters. The van der Waals surface area contributed by atoms with E-state index < -0.39 is 0 Å². The lowest BCUT2D eigenvalue weighted by atomic mass is 10.6. The molecule has 6 nitrogen and oxygen atoms in total. The summed E-state index contributed by atoms with van der Waals surface area (Å²) in [6, 6.07) is 1.77. The van der Waals surface area contributed by atoms with Crippen LogP contribution in [0.4, 0.5) is 11.6 Å². The summed E-state index contributed by atoms with van der Waals surface area (Å²) in [4.78, 5) is 0. The highest BCUT2D eigenvalue weighted by Gasteiger charge is 2.06. The second-order valence-corrected chi connectivity index (χ2v) is 2.21. The lowest BCUT2D eigenvalue weighted by Gasteiger charge is -2.01. The van der Waals surface area contributed by atoms with Crippen molar-refractivity contribution >= 4 is 17.6 Å². The molecule has 0 unspecified atom stereocenters. The molecule has 5 N–H and O–H groups in total. The largest absolute Gasteiger partial charge is 0.373 e. The molecule has 0 amide bonds. The zero-order valence-corrected chi connectivity index (χ0v) is 7.05. The topological polar surface area (TPSA) is 91.8 Å². The Kier molecular flexibility index (Phi) is 2.18. The lowest BCUT2D eigenvalue weighted by Crippen LogP contribution is -2.23. The molecule has 1 aromatic heterocycles. The Hall–Kier alpha value is -1.72. The van der Waals surface area contributed by atoms with Crippen molar-refractivity contribution in [1.82, 2.24) is 9.78 Å². The molecular formula is C6H12N6. The maximum atomic E-state index is 7.18. The van der Waals surface area contributed by atoms with Crippen molar-refractivity contribution in [3.8, 4) is 0 Å². The highest BCUT2D eigenvalue weighted by Crippen LogP contribution is 2.11. The number of nitrogens with two attached hydrogens (primary N) is 1. The first-order valence-corrected chi connectivity index (χ1v) is 3.49. The van der Waals surface area contributed by atoms with Crippen LogP contribution in [0.25, 0.3) is 0 Å². The number of hydrogen-bond acceptors (Lipinski definition) is 4. The third-order valence-electron chi connectivity index (χ3n) is 1.45. The number of rotatable bonds is 2. The molecule has 0 aromatic carbocycles. The van der Waals surface area contributed by atoms with E-state index in [1.165, 1.54) is 4.68 Å². The predicted molar refractivity (Wildman–Crippen MR) is 48.6 cm³/mol. The normalized spacial score (nSPS) is 9.50. The van der Waals surface area contributed by atoms with E-state index in [9.17, 15) is 0 Å². The summed E-state index contributed by atoms with van der Waals surface area (Å²) in [5.74, 6) is 1.25. The van der Waals surface area contributed by atoms with E-state index in [0.717, 1.165) is 0 Å². The molecule has 12 heavy (non-hydrogen) atoms. The monoisotopic (exact) mass is 168 g/mol. The van der Waals surface area contributed by atoms with Gasteiger partial charge in [0.1, 0.15) is 5.82 Å². The van der Waals surface area contributed by atoms with Gasteiger partial charge in [0.2, 0.25) is 5.96 Å². The summed E-state index contributed by atoms with van der Waals surface area (Å²) in [5.41, 5.74) is 5.27. The number of aromatic nitrogens is 2. The van der Waals surface area contributed by atoms with Gasteiger partial charge in [0.25, 0.3) is 0 Å². The highest BCUT2D eigenvalue weighted by atomic mass is 15.4. The first-order chi connectivity index (χ1) is 5.69. The maximum absolute atomic E-state index is 7.18. The van der Waals surface area contributed by atoms with Crippen molar-refractivity contribution < 1.29 is 0 Å². The maximum Gasteiger partial charge on any atom is 0.215 e. The smallest absolute Gasteiger partial charge is 0.215 e. The lowest BCUT2D eigenvalue weighted by molar-refractivity contribution is 0.917. The van der Waals surface area contributed by atoms with E-state index >= 15 is 0 Å². The molecule has 1 aromatic rings. The van der Waals surface area contributed by atoms with Crippen molar-refractivity contribution in [2.45, 2.75) is 0 Å². The Balaban J connectivity index is 3.08. The van der Waals surface area contributed by atoms with Crippen molar-refractivity contribution in [3.05, 3.63) is 6.07 Å². The van der Waals surface area contributed by atoms with E-state index in [1.807, 2.05) is 0 Å². The van der Waals surface area contributed by atoms with Crippen molar-refractivity contribution in [1.29, 1.82) is 5.41 Å². The van der Waals surface area contributed by atoms with Crippen LogP contribution in [-0.4, -0.2) is 29.8 Å². The molecule has 1 heterocycles. The SMILES string of the molecule is CNc1cc(NC)n(C(=N)N)n1. The van der Waals surface area contributed by atoms with Gasteiger partial charge in [-0.05, 0) is 0 Å². The molecular weight excluding hydrogens is 156 g/mol. The molecule has 0 aliphatic rings. The van der Waals surface area contributed by atoms with Gasteiger partial charge in [-0.15, -0.1) is 5.10 Å². The van der Waals surface area contributed by atoms with Crippen LogP contribution in [0, 0.1) is 5.41 Å². The number of nitrogens with one attached hydrogen (secondary N) is 3. The van der Waals surface area contributed by atoms with Gasteiger partial charge in [0.05, 0.1) is 0 Å². The Labute approximate surface area is 70.3 Å². The summed E-state index contributed by atoms with van der Waals surface area (Å²) in [5, 5.41) is 16.9. The first kappa shape index (κ1) is 8.38. The molecule has 0 aliphatic heterocycles. The molecule has 6 heteroatoms. The van der Waals surface area contributed by atoms with Gasteiger partial charge >= 0.3 is 0 Å². The number of nitrogens with zero attached hydrogens (tertiary/aromatic N) is 2. The van der Waals surface area contributed by atoms with E-state index in [-0.39, 0.29) is 5.96 Å². The van der Waals surface area contributed by atoms with Crippen LogP contribution in [0.3, 0.4) is 0 Å². The average molecular weight is 168 g/mol. The van der Waals surface area contributed by atoms with Crippen LogP contribution in [0.1, 0.15) is 0 Å². The zero-order valence-electron chi connectivity index (χ0n) is 7.05. The number of hydrogen-bond donors (Lipinski definition) is 4. The minimum atomic E-state index is -0.110. The van der Waals surface area contributed by atoms with Crippen molar-refractivity contribution in [3.63, 3.8) is 0 Å². The summed E-state index contributed by atoms with van der Waals surface area (Å²) in [7, 11) is 3.50. The first-order valence-electron chi connectivity index (χ1n) is 3.49. The average Bonchev–Trinajstić information content (AvgIpc) is 2.47. The van der Waals surface area contributed by atoms with E-state index in [4.69, 9.17) is 11.1 Å². The van der Waals surface area contributed by atoms with Gasteiger partial charge in [-0.3, -0.25) is 5.41 Å². The van der Waals surface area contributed by atoms with Gasteiger partial charge in [0, 0.05) is 20.2 Å². The third-order valence-corrected chi connectivity index (χ3v) is 1.45. The highest BCUT2D eigenvalue weighted by molar-refractivity contribution is 5.80. The Morgan fingerprint density at radius 3 is 2.58 bits per heavy atom. The van der Waals surface area contributed by atoms with Gasteiger partial charge in [-0.25, -0.2) is 0 Å². The molecule has 0 spiro atoms. The van der Waals surface area contributed by atoms with Crippen LogP contribution in [-0.2, 0) is 0 Å². The van der Waals surface area contributed by atoms with Crippen LogP contribution < -0.4 is 16.4 Å². The van der Waals surface area contributed by atoms with Gasteiger partial charge in [0.15, 0.2) is 5.82 Å². The Morgan fingerprint density at radius 1 is 1.58 bits per heavy atom.